The second-order valence-corrected chi connectivity index (χ2v) is 10.7. The third-order valence-electron chi connectivity index (χ3n) is 5.79. The Morgan fingerprint density at radius 2 is 1.79 bits per heavy atom. The van der Waals surface area contributed by atoms with Crippen molar-refractivity contribution in [3.63, 3.8) is 0 Å². The van der Waals surface area contributed by atoms with Crippen molar-refractivity contribution in [2.45, 2.75) is 31.6 Å². The van der Waals surface area contributed by atoms with Gasteiger partial charge in [0.15, 0.2) is 5.13 Å². The van der Waals surface area contributed by atoms with E-state index >= 15 is 0 Å². The zero-order chi connectivity index (χ0) is 23.8. The molecule has 33 heavy (non-hydrogen) atoms. The number of anilines is 1. The number of benzene rings is 2. The third kappa shape index (κ3) is 4.38. The van der Waals surface area contributed by atoms with Crippen LogP contribution in [0.4, 0.5) is 5.13 Å². The van der Waals surface area contributed by atoms with Crippen molar-refractivity contribution in [3.8, 4) is 0 Å². The van der Waals surface area contributed by atoms with Crippen LogP contribution in [0.25, 0.3) is 21.3 Å². The van der Waals surface area contributed by atoms with Gasteiger partial charge in [-0.15, -0.1) is 0 Å². The number of nitrogens with zero attached hydrogens (tertiary/aromatic N) is 5. The van der Waals surface area contributed by atoms with Crippen molar-refractivity contribution in [1.82, 2.24) is 18.8 Å². The number of hydrogen-bond donors (Lipinski definition) is 0. The minimum Gasteiger partial charge on any atom is -0.331 e. The van der Waals surface area contributed by atoms with Crippen LogP contribution in [0.2, 0.25) is 0 Å². The molecule has 10 heteroatoms. The molecule has 2 aromatic heterocycles. The summed E-state index contributed by atoms with van der Waals surface area (Å²) in [6.45, 7) is 4.46. The maximum absolute atomic E-state index is 12.9. The number of rotatable bonds is 8. The molecular weight excluding hydrogens is 458 g/mol. The van der Waals surface area contributed by atoms with Crippen molar-refractivity contribution < 1.29 is 13.2 Å². The Balaban J connectivity index is 1.52. The molecule has 1 amide bonds. The average molecular weight is 486 g/mol. The number of aryl methyl sites for hydroxylation is 2. The largest absolute Gasteiger partial charge is 0.331 e. The molecule has 0 atom stereocenters. The minimum absolute atomic E-state index is 0.0501. The van der Waals surface area contributed by atoms with Gasteiger partial charge in [0, 0.05) is 40.0 Å². The molecule has 0 aliphatic heterocycles. The molecule has 0 saturated heterocycles. The van der Waals surface area contributed by atoms with Crippen molar-refractivity contribution in [3.05, 3.63) is 48.3 Å². The van der Waals surface area contributed by atoms with E-state index in [2.05, 4.69) is 9.97 Å². The number of imidazole rings is 1. The summed E-state index contributed by atoms with van der Waals surface area (Å²) in [6.07, 6.45) is 0.714. The maximum atomic E-state index is 12.9. The summed E-state index contributed by atoms with van der Waals surface area (Å²) in [5.74, 6) is 0.680. The van der Waals surface area contributed by atoms with E-state index in [1.165, 1.54) is 15.6 Å². The summed E-state index contributed by atoms with van der Waals surface area (Å²) in [6, 6.07) is 12.8. The van der Waals surface area contributed by atoms with Gasteiger partial charge in [-0.05, 0) is 30.3 Å². The van der Waals surface area contributed by atoms with Gasteiger partial charge in [0.05, 0.1) is 26.1 Å². The molecule has 0 fully saturated rings. The van der Waals surface area contributed by atoms with E-state index in [9.17, 15) is 13.2 Å². The smallest absolute Gasteiger partial charge is 0.243 e. The van der Waals surface area contributed by atoms with Gasteiger partial charge in [-0.2, -0.15) is 4.31 Å². The van der Waals surface area contributed by atoms with Crippen molar-refractivity contribution in [2.75, 3.05) is 25.0 Å². The maximum Gasteiger partial charge on any atom is 0.243 e. The van der Waals surface area contributed by atoms with Crippen LogP contribution in [-0.4, -0.2) is 53.3 Å². The topological polar surface area (TPSA) is 88.4 Å². The Kier molecular flexibility index (Phi) is 6.51. The van der Waals surface area contributed by atoms with Crippen LogP contribution in [0.5, 0.6) is 0 Å². The van der Waals surface area contributed by atoms with Gasteiger partial charge in [-0.25, -0.2) is 18.4 Å². The first-order chi connectivity index (χ1) is 15.8. The quantitative estimate of drug-likeness (QED) is 0.379. The van der Waals surface area contributed by atoms with Gasteiger partial charge in [0.1, 0.15) is 5.82 Å². The number of sulfonamides is 1. The van der Waals surface area contributed by atoms with Crippen LogP contribution in [0.15, 0.2) is 47.4 Å². The van der Waals surface area contributed by atoms with E-state index < -0.39 is 10.0 Å². The molecular formula is C23H27N5O3S2. The number of fused-ring (bicyclic) bond motifs is 2. The van der Waals surface area contributed by atoms with Crippen molar-refractivity contribution >= 4 is 53.6 Å². The van der Waals surface area contributed by atoms with Crippen LogP contribution < -0.4 is 4.90 Å². The highest BCUT2D eigenvalue weighted by Crippen LogP contribution is 2.28. The molecule has 0 saturated carbocycles. The van der Waals surface area contributed by atoms with Gasteiger partial charge in [-0.3, -0.25) is 9.69 Å². The van der Waals surface area contributed by atoms with Gasteiger partial charge in [-0.1, -0.05) is 37.3 Å². The Morgan fingerprint density at radius 1 is 1.06 bits per heavy atom. The SMILES string of the molecule is CCN(CC)S(=O)(=O)c1ccc2c(c1)nc(CCC(=O)N(C)c1nc3ccccc3s1)n2C. The summed E-state index contributed by atoms with van der Waals surface area (Å²) in [5.41, 5.74) is 2.31. The minimum atomic E-state index is -3.56. The summed E-state index contributed by atoms with van der Waals surface area (Å²) in [5, 5.41) is 0.664. The van der Waals surface area contributed by atoms with E-state index in [1.54, 1.807) is 30.1 Å². The first-order valence-electron chi connectivity index (χ1n) is 10.8. The summed E-state index contributed by atoms with van der Waals surface area (Å²) >= 11 is 1.48. The van der Waals surface area contributed by atoms with Crippen LogP contribution in [0, 0.1) is 0 Å². The number of hydrogen-bond acceptors (Lipinski definition) is 6. The lowest BCUT2D eigenvalue weighted by Crippen LogP contribution is -2.30. The number of carbonyl (C=O) groups excluding carboxylic acids is 1. The predicted octanol–water partition coefficient (Wildman–Crippen LogP) is 3.81. The highest BCUT2D eigenvalue weighted by Gasteiger charge is 2.23. The van der Waals surface area contributed by atoms with Crippen LogP contribution in [0.1, 0.15) is 26.1 Å². The van der Waals surface area contributed by atoms with Crippen LogP contribution in [-0.2, 0) is 28.3 Å². The van der Waals surface area contributed by atoms with E-state index in [4.69, 9.17) is 0 Å². The lowest BCUT2D eigenvalue weighted by Gasteiger charge is -2.18. The predicted molar refractivity (Wildman–Crippen MR) is 132 cm³/mol. The van der Waals surface area contributed by atoms with Gasteiger partial charge >= 0.3 is 0 Å². The average Bonchev–Trinajstić information content (AvgIpc) is 3.38. The molecule has 0 radical (unpaired) electrons. The van der Waals surface area contributed by atoms with E-state index in [0.29, 0.717) is 30.2 Å². The number of thiazole rings is 1. The Hall–Kier alpha value is -2.82. The molecule has 2 aromatic carbocycles. The number of amides is 1. The molecule has 8 nitrogen and oxygen atoms in total. The highest BCUT2D eigenvalue weighted by molar-refractivity contribution is 7.89. The number of para-hydroxylation sites is 1. The molecule has 0 unspecified atom stereocenters. The monoisotopic (exact) mass is 485 g/mol. The zero-order valence-electron chi connectivity index (χ0n) is 19.1. The van der Waals surface area contributed by atoms with E-state index in [-0.39, 0.29) is 17.2 Å². The lowest BCUT2D eigenvalue weighted by molar-refractivity contribution is -0.118. The molecule has 0 aliphatic rings. The standard InChI is InChI=1S/C23H27N5O3S2/c1-5-28(6-2)33(30,31)16-11-12-19-18(15-16)24-21(26(19)3)13-14-22(29)27(4)23-25-17-9-7-8-10-20(17)32-23/h7-12,15H,5-6,13-14H2,1-4H3. The lowest BCUT2D eigenvalue weighted by atomic mass is 10.2. The van der Waals surface area contributed by atoms with Crippen LogP contribution in [0.3, 0.4) is 0 Å². The van der Waals surface area contributed by atoms with Crippen molar-refractivity contribution in [2.24, 2.45) is 7.05 Å². The molecule has 2 heterocycles. The molecule has 174 valence electrons. The normalized spacial score (nSPS) is 12.2. The van der Waals surface area contributed by atoms with Gasteiger partial charge in [0.25, 0.3) is 0 Å². The summed E-state index contributed by atoms with van der Waals surface area (Å²) < 4.78 is 30.1. The Morgan fingerprint density at radius 3 is 2.48 bits per heavy atom. The second-order valence-electron chi connectivity index (χ2n) is 7.74. The van der Waals surface area contributed by atoms with Crippen LogP contribution >= 0.6 is 11.3 Å². The Labute approximate surface area is 197 Å². The Bertz CT molecular complexity index is 1390. The fourth-order valence-electron chi connectivity index (χ4n) is 3.82. The van der Waals surface area contributed by atoms with E-state index in [1.807, 2.05) is 49.7 Å². The second kappa shape index (κ2) is 9.20. The first-order valence-corrected chi connectivity index (χ1v) is 13.1. The molecule has 0 aliphatic carbocycles. The molecule has 0 spiro atoms. The molecule has 4 aromatic rings. The van der Waals surface area contributed by atoms with E-state index in [0.717, 1.165) is 21.6 Å². The molecule has 0 bridgehead atoms. The number of aromatic nitrogens is 3. The van der Waals surface area contributed by atoms with Gasteiger partial charge < -0.3 is 4.57 Å². The third-order valence-corrected chi connectivity index (χ3v) is 8.95. The summed E-state index contributed by atoms with van der Waals surface area (Å²) in [4.78, 5) is 23.8. The zero-order valence-corrected chi connectivity index (χ0v) is 20.8. The highest BCUT2D eigenvalue weighted by atomic mass is 32.2. The number of carbonyl (C=O) groups is 1. The van der Waals surface area contributed by atoms with Crippen molar-refractivity contribution in [1.29, 1.82) is 0 Å². The molecule has 4 rings (SSSR count). The van der Waals surface area contributed by atoms with Gasteiger partial charge in [0.2, 0.25) is 15.9 Å². The fourth-order valence-corrected chi connectivity index (χ4v) is 6.25. The fraction of sp³-hybridized carbons (Fsp3) is 0.348. The molecule has 0 N–H and O–H groups in total. The first kappa shape index (κ1) is 23.3. The summed E-state index contributed by atoms with van der Waals surface area (Å²) in [7, 11) is 0.0578.